The van der Waals surface area contributed by atoms with Gasteiger partial charge in [0.05, 0.1) is 6.20 Å². The van der Waals surface area contributed by atoms with E-state index in [9.17, 15) is 9.90 Å². The van der Waals surface area contributed by atoms with Crippen molar-refractivity contribution in [2.45, 2.75) is 57.2 Å². The minimum atomic E-state index is -0.929. The SMILES string of the molecule is O=C(O)NC1CCCC12CCN(c1cnc3c(I)nn(C4CCCCO4)c3n1)C2. The van der Waals surface area contributed by atoms with Crippen molar-refractivity contribution in [1.82, 2.24) is 25.1 Å². The second-order valence-electron chi connectivity index (χ2n) is 8.39. The molecule has 29 heavy (non-hydrogen) atoms. The molecule has 4 heterocycles. The summed E-state index contributed by atoms with van der Waals surface area (Å²) in [7, 11) is 0. The number of nitrogens with one attached hydrogen (secondary N) is 1. The highest BCUT2D eigenvalue weighted by Gasteiger charge is 2.48. The zero-order valence-electron chi connectivity index (χ0n) is 16.2. The molecule has 2 aromatic heterocycles. The molecule has 0 radical (unpaired) electrons. The standard InChI is InChI=1S/C19H25IN6O3/c20-16-15-17(26(24-16)14-5-1-2-9-29-14)23-13(10-21-15)25-8-7-19(11-25)6-3-4-12(19)22-18(27)28/h10,12,14,22H,1-9,11H2,(H,27,28). The van der Waals surface area contributed by atoms with Crippen molar-refractivity contribution in [2.75, 3.05) is 24.6 Å². The Morgan fingerprint density at radius 1 is 1.31 bits per heavy atom. The van der Waals surface area contributed by atoms with Crippen molar-refractivity contribution in [3.63, 3.8) is 0 Å². The van der Waals surface area contributed by atoms with Gasteiger partial charge in [0.1, 0.15) is 11.3 Å². The Hall–Kier alpha value is -1.69. The fourth-order valence-electron chi connectivity index (χ4n) is 5.23. The molecule has 156 valence electrons. The molecule has 5 rings (SSSR count). The van der Waals surface area contributed by atoms with Crippen molar-refractivity contribution in [2.24, 2.45) is 5.41 Å². The molecule has 10 heteroatoms. The molecule has 1 aliphatic carbocycles. The van der Waals surface area contributed by atoms with Gasteiger partial charge in [-0.1, -0.05) is 6.42 Å². The maximum absolute atomic E-state index is 11.2. The Balaban J connectivity index is 1.43. The van der Waals surface area contributed by atoms with Gasteiger partial charge < -0.3 is 20.1 Å². The molecule has 1 spiro atoms. The highest BCUT2D eigenvalue weighted by molar-refractivity contribution is 14.1. The molecule has 2 saturated heterocycles. The summed E-state index contributed by atoms with van der Waals surface area (Å²) in [6, 6.07) is 0.0174. The first kappa shape index (κ1) is 19.3. The van der Waals surface area contributed by atoms with Gasteiger partial charge in [-0.2, -0.15) is 5.10 Å². The summed E-state index contributed by atoms with van der Waals surface area (Å²) in [5.74, 6) is 0.837. The second-order valence-corrected chi connectivity index (χ2v) is 9.41. The van der Waals surface area contributed by atoms with E-state index in [2.05, 4.69) is 42.9 Å². The summed E-state index contributed by atoms with van der Waals surface area (Å²) < 4.78 is 8.66. The summed E-state index contributed by atoms with van der Waals surface area (Å²) in [5, 5.41) is 16.6. The molecule has 2 aromatic rings. The van der Waals surface area contributed by atoms with E-state index in [1.165, 1.54) is 0 Å². The lowest BCUT2D eigenvalue weighted by molar-refractivity contribution is -0.0372. The van der Waals surface area contributed by atoms with Crippen LogP contribution < -0.4 is 10.2 Å². The number of aromatic nitrogens is 4. The normalized spacial score (nSPS) is 29.8. The van der Waals surface area contributed by atoms with Gasteiger partial charge in [0, 0.05) is 31.2 Å². The van der Waals surface area contributed by atoms with Crippen LogP contribution in [-0.2, 0) is 4.74 Å². The molecule has 0 bridgehead atoms. The van der Waals surface area contributed by atoms with E-state index in [1.807, 2.05) is 10.9 Å². The number of anilines is 1. The average Bonchev–Trinajstić information content (AvgIpc) is 3.41. The first-order chi connectivity index (χ1) is 14.1. The van der Waals surface area contributed by atoms with Crippen molar-refractivity contribution in [1.29, 1.82) is 0 Å². The first-order valence-electron chi connectivity index (χ1n) is 10.3. The topological polar surface area (TPSA) is 105 Å². The number of amides is 1. The van der Waals surface area contributed by atoms with Gasteiger partial charge >= 0.3 is 6.09 Å². The molecule has 3 aliphatic rings. The predicted molar refractivity (Wildman–Crippen MR) is 115 cm³/mol. The van der Waals surface area contributed by atoms with Gasteiger partial charge in [-0.05, 0) is 61.1 Å². The maximum Gasteiger partial charge on any atom is 0.404 e. The molecule has 2 aliphatic heterocycles. The molecule has 2 N–H and O–H groups in total. The van der Waals surface area contributed by atoms with Crippen molar-refractivity contribution in [3.05, 3.63) is 9.90 Å². The first-order valence-corrected chi connectivity index (χ1v) is 11.4. The van der Waals surface area contributed by atoms with Gasteiger partial charge in [0.15, 0.2) is 15.6 Å². The zero-order valence-corrected chi connectivity index (χ0v) is 18.3. The fourth-order valence-corrected chi connectivity index (χ4v) is 5.84. The van der Waals surface area contributed by atoms with E-state index in [1.54, 1.807) is 0 Å². The third-order valence-electron chi connectivity index (χ3n) is 6.69. The number of fused-ring (bicyclic) bond motifs is 1. The molecule has 3 atom stereocenters. The average molecular weight is 512 g/mol. The number of hydrogen-bond acceptors (Lipinski definition) is 6. The van der Waals surface area contributed by atoms with Crippen LogP contribution in [0.5, 0.6) is 0 Å². The number of carbonyl (C=O) groups is 1. The Labute approximate surface area is 182 Å². The number of halogens is 1. The number of rotatable bonds is 3. The molecule has 1 saturated carbocycles. The van der Waals surface area contributed by atoms with Crippen LogP contribution in [0.4, 0.5) is 10.6 Å². The lowest BCUT2D eigenvalue weighted by Gasteiger charge is -2.31. The Morgan fingerprint density at radius 2 is 2.21 bits per heavy atom. The zero-order chi connectivity index (χ0) is 20.0. The van der Waals surface area contributed by atoms with Gasteiger partial charge in [0.25, 0.3) is 0 Å². The van der Waals surface area contributed by atoms with E-state index in [0.29, 0.717) is 0 Å². The Morgan fingerprint density at radius 3 is 3.00 bits per heavy atom. The molecular formula is C19H25IN6O3. The minimum Gasteiger partial charge on any atom is -0.465 e. The maximum atomic E-state index is 11.2. The molecule has 3 unspecified atom stereocenters. The summed E-state index contributed by atoms with van der Waals surface area (Å²) in [5.41, 5.74) is 1.58. The van der Waals surface area contributed by atoms with Crippen molar-refractivity contribution < 1.29 is 14.6 Å². The van der Waals surface area contributed by atoms with E-state index in [4.69, 9.17) is 9.72 Å². The fraction of sp³-hybridized carbons (Fsp3) is 0.684. The van der Waals surface area contributed by atoms with E-state index >= 15 is 0 Å². The third kappa shape index (κ3) is 3.43. The van der Waals surface area contributed by atoms with Gasteiger partial charge in [-0.15, -0.1) is 0 Å². The predicted octanol–water partition coefficient (Wildman–Crippen LogP) is 3.15. The van der Waals surface area contributed by atoms with Crippen LogP contribution in [0.1, 0.15) is 51.2 Å². The van der Waals surface area contributed by atoms with Crippen LogP contribution in [0.25, 0.3) is 11.2 Å². The minimum absolute atomic E-state index is 0.00379. The van der Waals surface area contributed by atoms with Crippen LogP contribution in [0, 0.1) is 9.12 Å². The van der Waals surface area contributed by atoms with Gasteiger partial charge in [-0.3, -0.25) is 0 Å². The molecule has 1 amide bonds. The molecule has 9 nitrogen and oxygen atoms in total. The smallest absolute Gasteiger partial charge is 0.404 e. The summed E-state index contributed by atoms with van der Waals surface area (Å²) >= 11 is 2.21. The number of ether oxygens (including phenoxy) is 1. The number of nitrogens with zero attached hydrogens (tertiary/aromatic N) is 5. The lowest BCUT2D eigenvalue weighted by Crippen LogP contribution is -2.45. The Bertz CT molecular complexity index is 930. The summed E-state index contributed by atoms with van der Waals surface area (Å²) in [6.07, 6.45) is 7.97. The van der Waals surface area contributed by atoms with E-state index < -0.39 is 6.09 Å². The lowest BCUT2D eigenvalue weighted by atomic mass is 9.82. The van der Waals surface area contributed by atoms with Crippen LogP contribution in [0.2, 0.25) is 0 Å². The molecule has 0 aromatic carbocycles. The number of carboxylic acid groups (broad SMARTS) is 1. The summed E-state index contributed by atoms with van der Waals surface area (Å²) in [4.78, 5) is 23.1. The van der Waals surface area contributed by atoms with Crippen LogP contribution >= 0.6 is 22.6 Å². The molecular weight excluding hydrogens is 487 g/mol. The van der Waals surface area contributed by atoms with Gasteiger partial charge in [-0.25, -0.2) is 19.4 Å². The molecule has 3 fully saturated rings. The van der Waals surface area contributed by atoms with Crippen molar-refractivity contribution in [3.8, 4) is 0 Å². The quantitative estimate of drug-likeness (QED) is 0.609. The third-order valence-corrected chi connectivity index (χ3v) is 7.42. The largest absolute Gasteiger partial charge is 0.465 e. The summed E-state index contributed by atoms with van der Waals surface area (Å²) in [6.45, 7) is 2.43. The highest BCUT2D eigenvalue weighted by Crippen LogP contribution is 2.46. The second kappa shape index (κ2) is 7.53. The monoisotopic (exact) mass is 512 g/mol. The Kier molecular flexibility index (Phi) is 5.01. The van der Waals surface area contributed by atoms with Crippen LogP contribution in [-0.4, -0.2) is 56.7 Å². The highest BCUT2D eigenvalue weighted by atomic mass is 127. The van der Waals surface area contributed by atoms with E-state index in [-0.39, 0.29) is 17.7 Å². The van der Waals surface area contributed by atoms with Gasteiger partial charge in [0.2, 0.25) is 0 Å². The van der Waals surface area contributed by atoms with E-state index in [0.717, 1.165) is 85.3 Å². The van der Waals surface area contributed by atoms with Crippen molar-refractivity contribution >= 4 is 45.7 Å². The van der Waals surface area contributed by atoms with Crippen LogP contribution in [0.3, 0.4) is 0 Å². The van der Waals surface area contributed by atoms with Crippen LogP contribution in [0.15, 0.2) is 6.20 Å². The number of hydrogen-bond donors (Lipinski definition) is 2.